The van der Waals surface area contributed by atoms with Crippen LogP contribution in [0.15, 0.2) is 53.1 Å². The van der Waals surface area contributed by atoms with Crippen molar-refractivity contribution in [1.29, 1.82) is 0 Å². The molecule has 1 aromatic heterocycles. The Balaban J connectivity index is 1.54. The van der Waals surface area contributed by atoms with E-state index in [1.165, 1.54) is 17.5 Å². The average Bonchev–Trinajstić information content (AvgIpc) is 3.33. The number of methoxy groups -OCH3 is 1. The van der Waals surface area contributed by atoms with Crippen LogP contribution < -0.4 is 4.74 Å². The standard InChI is InChI=1S/C26H28F2N2O5S/c1-16(11-23(31)24-14-26(34-3)29-35-24)20-13-21(27)19(12-22(20)28)15-30-17(2)9-10-25(36(30,32)33)18-7-5-4-6-8-18/h4-8,12-14,16-17,25H,9-11,15H2,1-3H3/t16?,17-,25+/m1/s1. The van der Waals surface area contributed by atoms with E-state index in [1.54, 1.807) is 38.1 Å². The summed E-state index contributed by atoms with van der Waals surface area (Å²) in [5, 5.41) is 2.84. The van der Waals surface area contributed by atoms with Crippen LogP contribution in [0.25, 0.3) is 0 Å². The highest BCUT2D eigenvalue weighted by Gasteiger charge is 2.40. The van der Waals surface area contributed by atoms with E-state index in [1.807, 2.05) is 6.07 Å². The molecular weight excluding hydrogens is 490 g/mol. The van der Waals surface area contributed by atoms with Gasteiger partial charge in [-0.25, -0.2) is 17.2 Å². The first-order valence-electron chi connectivity index (χ1n) is 11.7. The van der Waals surface area contributed by atoms with Crippen LogP contribution in [-0.2, 0) is 16.6 Å². The molecular formula is C26H28F2N2O5S. The predicted molar refractivity (Wildman–Crippen MR) is 129 cm³/mol. The minimum atomic E-state index is -3.79. The molecule has 3 aromatic rings. The fourth-order valence-corrected chi connectivity index (χ4v) is 6.79. The molecule has 7 nitrogen and oxygen atoms in total. The van der Waals surface area contributed by atoms with E-state index in [4.69, 9.17) is 9.26 Å². The Labute approximate surface area is 209 Å². The van der Waals surface area contributed by atoms with Gasteiger partial charge < -0.3 is 9.26 Å². The average molecular weight is 519 g/mol. The largest absolute Gasteiger partial charge is 0.479 e. The van der Waals surface area contributed by atoms with E-state index in [9.17, 15) is 13.2 Å². The minimum Gasteiger partial charge on any atom is -0.479 e. The number of aromatic nitrogens is 1. The number of ether oxygens (including phenoxy) is 1. The first-order chi connectivity index (χ1) is 17.1. The van der Waals surface area contributed by atoms with Gasteiger partial charge in [-0.3, -0.25) is 4.79 Å². The predicted octanol–water partition coefficient (Wildman–Crippen LogP) is 5.39. The van der Waals surface area contributed by atoms with Gasteiger partial charge in [0, 0.05) is 24.6 Å². The maximum atomic E-state index is 15.1. The molecule has 192 valence electrons. The molecule has 0 aliphatic carbocycles. The van der Waals surface area contributed by atoms with Gasteiger partial charge in [0.25, 0.3) is 5.88 Å². The maximum Gasteiger partial charge on any atom is 0.254 e. The van der Waals surface area contributed by atoms with Crippen molar-refractivity contribution < 1.29 is 31.3 Å². The van der Waals surface area contributed by atoms with E-state index < -0.39 is 38.6 Å². The van der Waals surface area contributed by atoms with Gasteiger partial charge in [-0.1, -0.05) is 37.3 Å². The Morgan fingerprint density at radius 3 is 2.56 bits per heavy atom. The van der Waals surface area contributed by atoms with Crippen molar-refractivity contribution in [2.45, 2.75) is 56.9 Å². The topological polar surface area (TPSA) is 89.7 Å². The molecule has 0 radical (unpaired) electrons. The van der Waals surface area contributed by atoms with Crippen LogP contribution in [0.1, 0.15) is 71.5 Å². The molecule has 1 aliphatic rings. The van der Waals surface area contributed by atoms with Crippen molar-refractivity contribution in [3.63, 3.8) is 0 Å². The van der Waals surface area contributed by atoms with Crippen molar-refractivity contribution in [2.75, 3.05) is 7.11 Å². The molecule has 4 rings (SSSR count). The van der Waals surface area contributed by atoms with Gasteiger partial charge in [-0.15, -0.1) is 0 Å². The molecule has 0 N–H and O–H groups in total. The molecule has 2 heterocycles. The Kier molecular flexibility index (Phi) is 7.56. The summed E-state index contributed by atoms with van der Waals surface area (Å²) in [6.07, 6.45) is 0.930. The highest BCUT2D eigenvalue weighted by atomic mass is 32.2. The van der Waals surface area contributed by atoms with Gasteiger partial charge in [0.1, 0.15) is 16.9 Å². The van der Waals surface area contributed by atoms with Gasteiger partial charge in [0.05, 0.1) is 13.2 Å². The summed E-state index contributed by atoms with van der Waals surface area (Å²) in [5.41, 5.74) is 0.644. The van der Waals surface area contributed by atoms with Gasteiger partial charge in [-0.2, -0.15) is 4.31 Å². The summed E-state index contributed by atoms with van der Waals surface area (Å²) in [4.78, 5) is 12.5. The number of benzene rings is 2. The third-order valence-electron chi connectivity index (χ3n) is 6.68. The maximum absolute atomic E-state index is 15.1. The summed E-state index contributed by atoms with van der Waals surface area (Å²) in [7, 11) is -2.41. The quantitative estimate of drug-likeness (QED) is 0.371. The lowest BCUT2D eigenvalue weighted by Crippen LogP contribution is -2.44. The van der Waals surface area contributed by atoms with E-state index in [0.29, 0.717) is 18.4 Å². The second-order valence-electron chi connectivity index (χ2n) is 9.14. The van der Waals surface area contributed by atoms with E-state index in [0.717, 1.165) is 12.1 Å². The van der Waals surface area contributed by atoms with Crippen LogP contribution in [0.2, 0.25) is 0 Å². The number of ketones is 1. The zero-order valence-corrected chi connectivity index (χ0v) is 21.1. The minimum absolute atomic E-state index is 0.0211. The fourth-order valence-electron chi connectivity index (χ4n) is 4.60. The first-order valence-corrected chi connectivity index (χ1v) is 13.2. The van der Waals surface area contributed by atoms with Gasteiger partial charge in [-0.05, 0) is 54.1 Å². The molecule has 1 unspecified atom stereocenters. The molecule has 10 heteroatoms. The monoisotopic (exact) mass is 518 g/mol. The van der Waals surface area contributed by atoms with Crippen LogP contribution >= 0.6 is 0 Å². The third kappa shape index (κ3) is 5.19. The number of sulfonamides is 1. The normalized spacial score (nSPS) is 20.7. The number of nitrogens with zero attached hydrogens (tertiary/aromatic N) is 2. The van der Waals surface area contributed by atoms with E-state index in [2.05, 4.69) is 5.16 Å². The van der Waals surface area contributed by atoms with Crippen LogP contribution in [0.3, 0.4) is 0 Å². The molecule has 1 saturated heterocycles. The van der Waals surface area contributed by atoms with Crippen molar-refractivity contribution in [3.8, 4) is 5.88 Å². The Hall–Kier alpha value is -3.11. The number of halogens is 2. The molecule has 0 spiro atoms. The van der Waals surface area contributed by atoms with Crippen molar-refractivity contribution >= 4 is 15.8 Å². The summed E-state index contributed by atoms with van der Waals surface area (Å²) in [5.74, 6) is -2.41. The Morgan fingerprint density at radius 1 is 1.17 bits per heavy atom. The lowest BCUT2D eigenvalue weighted by molar-refractivity contribution is 0.0939. The van der Waals surface area contributed by atoms with Gasteiger partial charge in [0.2, 0.25) is 21.6 Å². The number of carbonyl (C=O) groups excluding carboxylic acids is 1. The Bertz CT molecular complexity index is 1340. The SMILES string of the molecule is COc1cc(C(=O)CC(C)c2cc(F)c(CN3[C@H](C)CC[C@@H](c4ccccc4)S3(=O)=O)cc2F)on1. The second-order valence-corrected chi connectivity index (χ2v) is 11.2. The molecule has 2 aromatic carbocycles. The number of rotatable bonds is 8. The lowest BCUT2D eigenvalue weighted by Gasteiger charge is -2.37. The molecule has 0 amide bonds. The van der Waals surface area contributed by atoms with Crippen LogP contribution in [0.4, 0.5) is 8.78 Å². The molecule has 36 heavy (non-hydrogen) atoms. The van der Waals surface area contributed by atoms with E-state index in [-0.39, 0.29) is 41.8 Å². The summed E-state index contributed by atoms with van der Waals surface area (Å²) in [6.45, 7) is 3.10. The highest BCUT2D eigenvalue weighted by molar-refractivity contribution is 7.89. The molecule has 1 fully saturated rings. The van der Waals surface area contributed by atoms with E-state index >= 15 is 8.78 Å². The van der Waals surface area contributed by atoms with Crippen molar-refractivity contribution in [3.05, 3.63) is 82.6 Å². The summed E-state index contributed by atoms with van der Waals surface area (Å²) < 4.78 is 68.1. The Morgan fingerprint density at radius 2 is 1.89 bits per heavy atom. The van der Waals surface area contributed by atoms with Crippen molar-refractivity contribution in [2.24, 2.45) is 0 Å². The van der Waals surface area contributed by atoms with Crippen LogP contribution in [-0.4, -0.2) is 36.8 Å². The summed E-state index contributed by atoms with van der Waals surface area (Å²) >= 11 is 0. The zero-order chi connectivity index (χ0) is 26.0. The molecule has 1 aliphatic heterocycles. The van der Waals surface area contributed by atoms with Crippen molar-refractivity contribution in [1.82, 2.24) is 9.46 Å². The summed E-state index contributed by atoms with van der Waals surface area (Å²) in [6, 6.07) is 12.0. The number of carbonyl (C=O) groups is 1. The fraction of sp³-hybridized carbons (Fsp3) is 0.385. The number of hydrogen-bond donors (Lipinski definition) is 0. The highest BCUT2D eigenvalue weighted by Crippen LogP contribution is 2.38. The number of hydrogen-bond acceptors (Lipinski definition) is 6. The van der Waals surface area contributed by atoms with Crippen LogP contribution in [0, 0.1) is 11.6 Å². The zero-order valence-electron chi connectivity index (χ0n) is 20.3. The number of Topliss-reactive ketones (excluding diaryl/α,β-unsaturated/α-hetero) is 1. The van der Waals surface area contributed by atoms with Gasteiger partial charge in [0.15, 0.2) is 0 Å². The first kappa shape index (κ1) is 26.0. The molecule has 0 saturated carbocycles. The second kappa shape index (κ2) is 10.5. The lowest BCUT2D eigenvalue weighted by atomic mass is 9.93. The smallest absolute Gasteiger partial charge is 0.254 e. The van der Waals surface area contributed by atoms with Crippen LogP contribution in [0.5, 0.6) is 5.88 Å². The molecule has 3 atom stereocenters. The van der Waals surface area contributed by atoms with Gasteiger partial charge >= 0.3 is 0 Å². The third-order valence-corrected chi connectivity index (χ3v) is 9.05. The molecule has 0 bridgehead atoms.